The topological polar surface area (TPSA) is 83.2 Å². The van der Waals surface area contributed by atoms with Crippen molar-refractivity contribution in [2.75, 3.05) is 13.1 Å². The van der Waals surface area contributed by atoms with Crippen LogP contribution in [0.1, 0.15) is 75.2 Å². The number of piperidine rings is 1. The maximum absolute atomic E-state index is 12.6. The Labute approximate surface area is 226 Å². The summed E-state index contributed by atoms with van der Waals surface area (Å²) in [5.41, 5.74) is 3.61. The number of aromatic nitrogens is 2. The number of nitrogens with zero attached hydrogens (tertiary/aromatic N) is 3. The highest BCUT2D eigenvalue weighted by atomic mass is 16.5. The maximum Gasteiger partial charge on any atom is 0.407 e. The van der Waals surface area contributed by atoms with Crippen molar-refractivity contribution >= 4 is 23.3 Å². The van der Waals surface area contributed by atoms with Crippen molar-refractivity contribution in [1.29, 1.82) is 5.41 Å². The smallest absolute Gasteiger partial charge is 0.407 e. The molecule has 1 aliphatic heterocycles. The van der Waals surface area contributed by atoms with Crippen LogP contribution >= 0.6 is 0 Å². The van der Waals surface area contributed by atoms with Gasteiger partial charge in [-0.3, -0.25) is 0 Å². The molecule has 1 amide bonds. The third-order valence-corrected chi connectivity index (χ3v) is 8.73. The van der Waals surface area contributed by atoms with E-state index in [1.807, 2.05) is 48.7 Å². The predicted octanol–water partition coefficient (Wildman–Crippen LogP) is 6.31. The van der Waals surface area contributed by atoms with E-state index in [9.17, 15) is 4.79 Å². The van der Waals surface area contributed by atoms with Crippen LogP contribution in [0.3, 0.4) is 0 Å². The summed E-state index contributed by atoms with van der Waals surface area (Å²) in [7, 11) is 0. The van der Waals surface area contributed by atoms with Crippen LogP contribution in [0.25, 0.3) is 11.0 Å². The molecule has 1 aromatic carbocycles. The molecule has 0 spiro atoms. The van der Waals surface area contributed by atoms with Crippen LogP contribution in [0.2, 0.25) is 0 Å². The third kappa shape index (κ3) is 5.78. The Balaban J connectivity index is 1.27. The molecule has 2 fully saturated rings. The number of carbonyl (C=O) groups is 1. The Bertz CT molecular complexity index is 1220. The van der Waals surface area contributed by atoms with Gasteiger partial charge in [0.05, 0.1) is 6.54 Å². The minimum atomic E-state index is -0.457. The van der Waals surface area contributed by atoms with E-state index in [0.717, 1.165) is 65.6 Å². The first kappa shape index (κ1) is 26.4. The van der Waals surface area contributed by atoms with E-state index < -0.39 is 6.09 Å². The summed E-state index contributed by atoms with van der Waals surface area (Å²) in [5.74, 6) is 1.68. The van der Waals surface area contributed by atoms with Crippen molar-refractivity contribution in [3.05, 3.63) is 65.5 Å². The molecule has 1 aliphatic carbocycles. The molecule has 3 aromatic rings. The Morgan fingerprint density at radius 2 is 1.79 bits per heavy atom. The van der Waals surface area contributed by atoms with Gasteiger partial charge in [0.1, 0.15) is 12.3 Å². The van der Waals surface area contributed by atoms with E-state index in [1.165, 1.54) is 31.9 Å². The summed E-state index contributed by atoms with van der Waals surface area (Å²) >= 11 is 0. The van der Waals surface area contributed by atoms with Gasteiger partial charge in [0.2, 0.25) is 0 Å². The van der Waals surface area contributed by atoms with Crippen LogP contribution < -0.4 is 5.32 Å². The quantitative estimate of drug-likeness (QED) is 0.344. The van der Waals surface area contributed by atoms with Gasteiger partial charge >= 0.3 is 6.09 Å². The zero-order valence-corrected chi connectivity index (χ0v) is 22.7. The highest BCUT2D eigenvalue weighted by Crippen LogP contribution is 2.36. The van der Waals surface area contributed by atoms with E-state index in [2.05, 4.69) is 28.6 Å². The Morgan fingerprint density at radius 3 is 2.47 bits per heavy atom. The number of hydrogen-bond acceptors (Lipinski definition) is 5. The second-order valence-electron chi connectivity index (χ2n) is 11.2. The molecule has 2 aromatic heterocycles. The van der Waals surface area contributed by atoms with Crippen LogP contribution in [0.5, 0.6) is 0 Å². The number of likely N-dealkylation sites (tertiary alicyclic amines) is 1. The second kappa shape index (κ2) is 12.1. The summed E-state index contributed by atoms with van der Waals surface area (Å²) in [5, 5.41) is 12.1. The molecule has 7 heteroatoms. The monoisotopic (exact) mass is 515 g/mol. The molecule has 5 rings (SSSR count). The standard InChI is InChI=1S/C31H41N5O2/c1-22(2)24-10-12-25(13-11-24)35-17-14-26(15-18-35)36-29(28(19-32)27-9-6-16-33-30(27)36)20-34-31(37)38-21-23-7-4-3-5-8-23/h3-9,16,19,22,24-26,32H,10-15,17-18,20-21H2,1-2H3,(H,34,37)/t24-,25+. The molecule has 0 bridgehead atoms. The van der Waals surface area contributed by atoms with E-state index in [0.29, 0.717) is 18.6 Å². The number of rotatable bonds is 8. The number of nitrogens with one attached hydrogen (secondary N) is 2. The van der Waals surface area contributed by atoms with Crippen LogP contribution in [0.15, 0.2) is 48.7 Å². The first-order valence-corrected chi connectivity index (χ1v) is 14.2. The lowest BCUT2D eigenvalue weighted by Gasteiger charge is -2.42. The van der Waals surface area contributed by atoms with E-state index in [4.69, 9.17) is 15.1 Å². The highest BCUT2D eigenvalue weighted by molar-refractivity contribution is 5.99. The van der Waals surface area contributed by atoms with Gasteiger partial charge in [-0.2, -0.15) is 0 Å². The van der Waals surface area contributed by atoms with Crippen molar-refractivity contribution in [3.8, 4) is 0 Å². The first-order chi connectivity index (χ1) is 18.5. The van der Waals surface area contributed by atoms with Gasteiger partial charge in [0.15, 0.2) is 0 Å². The normalized spacial score (nSPS) is 21.0. The summed E-state index contributed by atoms with van der Waals surface area (Å²) in [4.78, 5) is 20.0. The SMILES string of the molecule is CC(C)[C@H]1CC[C@@H](N2CCC(n3c(CNC(=O)OCc4ccccc4)c(C=N)c4cccnc43)CC2)CC1. The summed E-state index contributed by atoms with van der Waals surface area (Å²) in [6, 6.07) is 14.6. The molecule has 7 nitrogen and oxygen atoms in total. The molecule has 0 radical (unpaired) electrons. The number of carbonyl (C=O) groups excluding carboxylic acids is 1. The van der Waals surface area contributed by atoms with Crippen molar-refractivity contribution in [2.45, 2.75) is 77.6 Å². The van der Waals surface area contributed by atoms with Crippen molar-refractivity contribution in [1.82, 2.24) is 19.8 Å². The number of hydrogen-bond donors (Lipinski definition) is 2. The number of pyridine rings is 1. The summed E-state index contributed by atoms with van der Waals surface area (Å²) < 4.78 is 7.74. The molecule has 1 saturated heterocycles. The zero-order valence-electron chi connectivity index (χ0n) is 22.7. The minimum Gasteiger partial charge on any atom is -0.445 e. The largest absolute Gasteiger partial charge is 0.445 e. The lowest BCUT2D eigenvalue weighted by Crippen LogP contribution is -2.44. The van der Waals surface area contributed by atoms with Crippen molar-refractivity contribution in [2.24, 2.45) is 11.8 Å². The summed E-state index contributed by atoms with van der Waals surface area (Å²) in [6.45, 7) is 7.42. The lowest BCUT2D eigenvalue weighted by atomic mass is 9.79. The molecule has 202 valence electrons. The summed E-state index contributed by atoms with van der Waals surface area (Å²) in [6.07, 6.45) is 10.2. The maximum atomic E-state index is 12.6. The molecular formula is C31H41N5O2. The van der Waals surface area contributed by atoms with Gasteiger partial charge in [-0.05, 0) is 68.1 Å². The average Bonchev–Trinajstić information content (AvgIpc) is 3.29. The molecule has 1 saturated carbocycles. The van der Waals surface area contributed by atoms with Gasteiger partial charge < -0.3 is 24.9 Å². The van der Waals surface area contributed by atoms with Gasteiger partial charge in [-0.15, -0.1) is 0 Å². The van der Waals surface area contributed by atoms with Crippen molar-refractivity contribution in [3.63, 3.8) is 0 Å². The number of amides is 1. The van der Waals surface area contributed by atoms with Gasteiger partial charge in [0.25, 0.3) is 0 Å². The minimum absolute atomic E-state index is 0.228. The second-order valence-corrected chi connectivity index (χ2v) is 11.2. The van der Waals surface area contributed by atoms with Gasteiger partial charge in [-0.25, -0.2) is 9.78 Å². The fourth-order valence-corrected chi connectivity index (χ4v) is 6.52. The number of alkyl carbamates (subject to hydrolysis) is 1. The molecular weight excluding hydrogens is 474 g/mol. The van der Waals surface area contributed by atoms with E-state index in [1.54, 1.807) is 0 Å². The van der Waals surface area contributed by atoms with E-state index in [-0.39, 0.29) is 6.61 Å². The van der Waals surface area contributed by atoms with Crippen LogP contribution in [0.4, 0.5) is 4.79 Å². The van der Waals surface area contributed by atoms with Crippen LogP contribution in [0, 0.1) is 17.2 Å². The van der Waals surface area contributed by atoms with Crippen molar-refractivity contribution < 1.29 is 9.53 Å². The molecule has 2 N–H and O–H groups in total. The number of fused-ring (bicyclic) bond motifs is 1. The molecule has 0 unspecified atom stereocenters. The molecule has 38 heavy (non-hydrogen) atoms. The Kier molecular flexibility index (Phi) is 8.42. The average molecular weight is 516 g/mol. The van der Waals surface area contributed by atoms with Crippen LogP contribution in [-0.4, -0.2) is 45.9 Å². The molecule has 0 atom stereocenters. The number of benzene rings is 1. The Morgan fingerprint density at radius 1 is 1.05 bits per heavy atom. The van der Waals surface area contributed by atoms with E-state index >= 15 is 0 Å². The molecule has 3 heterocycles. The molecule has 2 aliphatic rings. The fraction of sp³-hybridized carbons (Fsp3) is 0.516. The zero-order chi connectivity index (χ0) is 26.5. The highest BCUT2D eigenvalue weighted by Gasteiger charge is 2.32. The Hall–Kier alpha value is -3.19. The number of ether oxygens (including phenoxy) is 1. The van der Waals surface area contributed by atoms with Gasteiger partial charge in [-0.1, -0.05) is 44.2 Å². The first-order valence-electron chi connectivity index (χ1n) is 14.2. The van der Waals surface area contributed by atoms with Gasteiger partial charge in [0, 0.05) is 54.2 Å². The predicted molar refractivity (Wildman–Crippen MR) is 152 cm³/mol. The third-order valence-electron chi connectivity index (χ3n) is 8.73. The lowest BCUT2D eigenvalue weighted by molar-refractivity contribution is 0.0887. The fourth-order valence-electron chi connectivity index (χ4n) is 6.52. The van der Waals surface area contributed by atoms with Crippen LogP contribution in [-0.2, 0) is 17.9 Å².